The molecule has 0 aliphatic rings. The zero-order valence-corrected chi connectivity index (χ0v) is 15.5. The molecule has 4 nitrogen and oxygen atoms in total. The van der Waals surface area contributed by atoms with Crippen molar-refractivity contribution in [1.29, 1.82) is 0 Å². The molecule has 0 bridgehead atoms. The zero-order chi connectivity index (χ0) is 18.5. The van der Waals surface area contributed by atoms with Crippen LogP contribution in [0.1, 0.15) is 31.2 Å². The van der Waals surface area contributed by atoms with E-state index in [1.54, 1.807) is 42.3 Å². The lowest BCUT2D eigenvalue weighted by Crippen LogP contribution is -2.26. The Balaban J connectivity index is 1.65. The Hall–Kier alpha value is -2.92. The Bertz CT molecular complexity index is 902. The van der Waals surface area contributed by atoms with Gasteiger partial charge in [0.1, 0.15) is 0 Å². The van der Waals surface area contributed by atoms with Crippen LogP contribution in [0.2, 0.25) is 0 Å². The normalized spacial score (nSPS) is 10.4. The number of nitrogens with one attached hydrogen (secondary N) is 1. The second-order valence-electron chi connectivity index (χ2n) is 6.10. The quantitative estimate of drug-likeness (QED) is 0.720. The Morgan fingerprint density at radius 2 is 1.73 bits per heavy atom. The molecule has 0 fully saturated rings. The molecule has 0 aliphatic carbocycles. The molecule has 0 aliphatic heterocycles. The topological polar surface area (TPSA) is 49.4 Å². The Kier molecular flexibility index (Phi) is 5.49. The second-order valence-corrected chi connectivity index (χ2v) is 7.04. The molecule has 1 aromatic heterocycles. The van der Waals surface area contributed by atoms with Crippen molar-refractivity contribution in [2.75, 3.05) is 12.4 Å². The highest BCUT2D eigenvalue weighted by atomic mass is 32.1. The minimum atomic E-state index is -0.143. The van der Waals surface area contributed by atoms with Crippen LogP contribution in [0.15, 0.2) is 66.0 Å². The van der Waals surface area contributed by atoms with Crippen LogP contribution in [0.3, 0.4) is 0 Å². The van der Waals surface area contributed by atoms with E-state index in [1.165, 1.54) is 16.9 Å². The van der Waals surface area contributed by atoms with E-state index in [4.69, 9.17) is 0 Å². The third-order valence-corrected chi connectivity index (χ3v) is 5.02. The molecule has 0 spiro atoms. The maximum atomic E-state index is 12.6. The smallest absolute Gasteiger partial charge is 0.265 e. The number of carbonyl (C=O) groups is 2. The lowest BCUT2D eigenvalue weighted by molar-refractivity contribution is 0.0785. The van der Waals surface area contributed by atoms with E-state index < -0.39 is 0 Å². The Morgan fingerprint density at radius 1 is 1.00 bits per heavy atom. The maximum absolute atomic E-state index is 12.6. The lowest BCUT2D eigenvalue weighted by atomic mass is 10.1. The third-order valence-electron chi connectivity index (χ3n) is 4.15. The van der Waals surface area contributed by atoms with Gasteiger partial charge in [-0.1, -0.05) is 30.3 Å². The monoisotopic (exact) mass is 364 g/mol. The van der Waals surface area contributed by atoms with Crippen molar-refractivity contribution in [3.8, 4) is 0 Å². The van der Waals surface area contributed by atoms with Crippen LogP contribution in [-0.4, -0.2) is 23.8 Å². The first-order valence-electron chi connectivity index (χ1n) is 8.29. The first-order chi connectivity index (χ1) is 12.5. The second kappa shape index (κ2) is 7.97. The fraction of sp³-hybridized carbons (Fsp3) is 0.143. The molecule has 1 N–H and O–H groups in total. The zero-order valence-electron chi connectivity index (χ0n) is 14.7. The summed E-state index contributed by atoms with van der Waals surface area (Å²) in [6, 6.07) is 18.6. The number of aryl methyl sites for hydroxylation is 1. The van der Waals surface area contributed by atoms with Gasteiger partial charge in [0, 0.05) is 24.8 Å². The standard InChI is InChI=1S/C21H20N2O2S/c1-15-6-3-4-7-17(15)14-23(2)21(25)16-9-11-18(12-10-16)22-20(24)19-8-5-13-26-19/h3-13H,14H2,1-2H3,(H,22,24). The number of benzene rings is 2. The minimum Gasteiger partial charge on any atom is -0.337 e. The van der Waals surface area contributed by atoms with Crippen molar-refractivity contribution < 1.29 is 9.59 Å². The average molecular weight is 364 g/mol. The molecule has 2 aromatic carbocycles. The molecular weight excluding hydrogens is 344 g/mol. The molecule has 132 valence electrons. The molecule has 2 amide bonds. The summed E-state index contributed by atoms with van der Waals surface area (Å²) < 4.78 is 0. The highest BCUT2D eigenvalue weighted by Gasteiger charge is 2.13. The van der Waals surface area contributed by atoms with Crippen molar-refractivity contribution in [2.24, 2.45) is 0 Å². The van der Waals surface area contributed by atoms with Crippen LogP contribution in [0.25, 0.3) is 0 Å². The molecule has 0 unspecified atom stereocenters. The summed E-state index contributed by atoms with van der Waals surface area (Å²) in [5, 5.41) is 4.70. The fourth-order valence-electron chi connectivity index (χ4n) is 2.63. The van der Waals surface area contributed by atoms with Gasteiger partial charge in [0.15, 0.2) is 0 Å². The lowest BCUT2D eigenvalue weighted by Gasteiger charge is -2.18. The van der Waals surface area contributed by atoms with E-state index in [0.717, 1.165) is 5.56 Å². The van der Waals surface area contributed by atoms with E-state index in [0.29, 0.717) is 22.7 Å². The number of hydrogen-bond acceptors (Lipinski definition) is 3. The van der Waals surface area contributed by atoms with Gasteiger partial charge in [0.25, 0.3) is 11.8 Å². The van der Waals surface area contributed by atoms with Gasteiger partial charge < -0.3 is 10.2 Å². The molecule has 26 heavy (non-hydrogen) atoms. The first kappa shape index (κ1) is 17.9. The average Bonchev–Trinajstić information content (AvgIpc) is 3.18. The Morgan fingerprint density at radius 3 is 2.38 bits per heavy atom. The molecule has 0 saturated carbocycles. The van der Waals surface area contributed by atoms with E-state index in [2.05, 4.69) is 5.32 Å². The van der Waals surface area contributed by atoms with Crippen LogP contribution in [0, 0.1) is 6.92 Å². The van der Waals surface area contributed by atoms with E-state index in [-0.39, 0.29) is 11.8 Å². The molecule has 0 radical (unpaired) electrons. The van der Waals surface area contributed by atoms with E-state index >= 15 is 0 Å². The van der Waals surface area contributed by atoms with Crippen LogP contribution in [0.4, 0.5) is 5.69 Å². The van der Waals surface area contributed by atoms with Gasteiger partial charge in [-0.25, -0.2) is 0 Å². The van der Waals surface area contributed by atoms with Gasteiger partial charge in [-0.15, -0.1) is 11.3 Å². The number of rotatable bonds is 5. The number of anilines is 1. The molecule has 5 heteroatoms. The number of thiophene rings is 1. The first-order valence-corrected chi connectivity index (χ1v) is 9.17. The maximum Gasteiger partial charge on any atom is 0.265 e. The number of nitrogens with zero attached hydrogens (tertiary/aromatic N) is 1. The molecule has 0 saturated heterocycles. The molecule has 3 aromatic rings. The number of carbonyl (C=O) groups excluding carboxylic acids is 2. The van der Waals surface area contributed by atoms with Crippen molar-refractivity contribution >= 4 is 28.8 Å². The summed E-state index contributed by atoms with van der Waals surface area (Å²) in [7, 11) is 1.79. The van der Waals surface area contributed by atoms with E-state index in [9.17, 15) is 9.59 Å². The van der Waals surface area contributed by atoms with Gasteiger partial charge in [0.05, 0.1) is 4.88 Å². The fourth-order valence-corrected chi connectivity index (χ4v) is 3.25. The largest absolute Gasteiger partial charge is 0.337 e. The third kappa shape index (κ3) is 4.18. The summed E-state index contributed by atoms with van der Waals surface area (Å²) in [5.41, 5.74) is 3.55. The molecule has 1 heterocycles. The van der Waals surface area contributed by atoms with Crippen molar-refractivity contribution in [3.63, 3.8) is 0 Å². The molecular formula is C21H20N2O2S. The van der Waals surface area contributed by atoms with Crippen LogP contribution < -0.4 is 5.32 Å². The summed E-state index contributed by atoms with van der Waals surface area (Å²) >= 11 is 1.39. The Labute approximate surface area is 157 Å². The van der Waals surface area contributed by atoms with Gasteiger partial charge >= 0.3 is 0 Å². The van der Waals surface area contributed by atoms with Crippen LogP contribution in [0.5, 0.6) is 0 Å². The van der Waals surface area contributed by atoms with Crippen molar-refractivity contribution in [3.05, 3.63) is 87.6 Å². The SMILES string of the molecule is Cc1ccccc1CN(C)C(=O)c1ccc(NC(=O)c2cccs2)cc1. The van der Waals surface area contributed by atoms with Crippen molar-refractivity contribution in [2.45, 2.75) is 13.5 Å². The number of hydrogen-bond donors (Lipinski definition) is 1. The highest BCUT2D eigenvalue weighted by Crippen LogP contribution is 2.16. The summed E-state index contributed by atoms with van der Waals surface area (Å²) in [5.74, 6) is -0.194. The van der Waals surface area contributed by atoms with Gasteiger partial charge in [-0.3, -0.25) is 9.59 Å². The molecule has 3 rings (SSSR count). The van der Waals surface area contributed by atoms with Gasteiger partial charge in [0.2, 0.25) is 0 Å². The van der Waals surface area contributed by atoms with Gasteiger partial charge in [-0.05, 0) is 53.8 Å². The summed E-state index contributed by atoms with van der Waals surface area (Å²) in [6.45, 7) is 2.60. The van der Waals surface area contributed by atoms with Crippen LogP contribution in [-0.2, 0) is 6.54 Å². The van der Waals surface area contributed by atoms with Crippen molar-refractivity contribution in [1.82, 2.24) is 4.90 Å². The molecule has 0 atom stereocenters. The van der Waals surface area contributed by atoms with Crippen LogP contribution >= 0.6 is 11.3 Å². The highest BCUT2D eigenvalue weighted by molar-refractivity contribution is 7.12. The predicted molar refractivity (Wildman–Crippen MR) is 106 cm³/mol. The van der Waals surface area contributed by atoms with E-state index in [1.807, 2.05) is 42.6 Å². The predicted octanol–water partition coefficient (Wildman–Crippen LogP) is 4.58. The number of amides is 2. The van der Waals surface area contributed by atoms with Gasteiger partial charge in [-0.2, -0.15) is 0 Å². The summed E-state index contributed by atoms with van der Waals surface area (Å²) in [6.07, 6.45) is 0. The summed E-state index contributed by atoms with van der Waals surface area (Å²) in [4.78, 5) is 27.0. The minimum absolute atomic E-state index is 0.0515.